The highest BCUT2D eigenvalue weighted by Gasteiger charge is 2.52. The van der Waals surface area contributed by atoms with Crippen LogP contribution in [0.1, 0.15) is 106 Å². The van der Waals surface area contributed by atoms with Crippen LogP contribution in [-0.4, -0.2) is 162 Å². The second kappa shape index (κ2) is 27.3. The number of cyclic esters (lactones) is 1. The van der Waals surface area contributed by atoms with Gasteiger partial charge < -0.3 is 58.7 Å². The van der Waals surface area contributed by atoms with Crippen LogP contribution in [0.2, 0.25) is 5.02 Å². The van der Waals surface area contributed by atoms with E-state index in [1.165, 1.54) is 6.08 Å². The summed E-state index contributed by atoms with van der Waals surface area (Å²) in [7, 11) is 5.57. The molecule has 0 radical (unpaired) electrons. The third-order valence-corrected chi connectivity index (χ3v) is 15.1. The maximum absolute atomic E-state index is 14.8. The molecule has 75 heavy (non-hydrogen) atoms. The number of rotatable bonds is 12. The first kappa shape index (κ1) is 61.4. The highest BCUT2D eigenvalue weighted by molar-refractivity contribution is 6.30. The number of carbonyl (C=O) groups is 4. The molecule has 5 rings (SSSR count). The van der Waals surface area contributed by atoms with Crippen LogP contribution in [0.3, 0.4) is 0 Å². The third kappa shape index (κ3) is 17.0. The molecule has 20 heteroatoms. The molecule has 3 saturated heterocycles. The first-order chi connectivity index (χ1) is 35.2. The van der Waals surface area contributed by atoms with Gasteiger partial charge in [0.25, 0.3) is 5.91 Å². The Bertz CT molecular complexity index is 2190. The van der Waals surface area contributed by atoms with Crippen molar-refractivity contribution in [2.75, 3.05) is 27.7 Å². The normalized spacial score (nSPS) is 35.4. The number of alkyl carbamates (subject to hydrolysis) is 1. The maximum atomic E-state index is 14.8. The number of hydrogen-bond donors (Lipinski definition) is 6. The van der Waals surface area contributed by atoms with Gasteiger partial charge >= 0.3 is 18.2 Å². The van der Waals surface area contributed by atoms with Crippen molar-refractivity contribution < 1.29 is 67.7 Å². The number of nitrogens with one attached hydrogen (secondary N) is 3. The van der Waals surface area contributed by atoms with Crippen LogP contribution in [0.5, 0.6) is 0 Å². The Hall–Kier alpha value is -4.41. The summed E-state index contributed by atoms with van der Waals surface area (Å²) in [4.78, 5) is 57.8. The molecule has 3 fully saturated rings. The van der Waals surface area contributed by atoms with Gasteiger partial charge in [0.2, 0.25) is 0 Å². The highest BCUT2D eigenvalue weighted by Crippen LogP contribution is 2.42. The Morgan fingerprint density at radius 3 is 2.16 bits per heavy atom. The van der Waals surface area contributed by atoms with Gasteiger partial charge in [-0.05, 0) is 110 Å². The van der Waals surface area contributed by atoms with E-state index in [4.69, 9.17) is 44.8 Å². The molecule has 0 spiro atoms. The Morgan fingerprint density at radius 1 is 0.867 bits per heavy atom. The molecule has 0 aromatic heterocycles. The van der Waals surface area contributed by atoms with Gasteiger partial charge in [-0.25, -0.2) is 15.0 Å². The zero-order chi connectivity index (χ0) is 55.5. The first-order valence-corrected chi connectivity index (χ1v) is 26.5. The molecule has 6 N–H and O–H groups in total. The molecule has 0 bridgehead atoms. The average Bonchev–Trinajstić information content (AvgIpc) is 3.34. The Balaban J connectivity index is 1.44. The number of benzene rings is 2. The zero-order valence-electron chi connectivity index (χ0n) is 45.9. The molecule has 0 aliphatic carbocycles. The van der Waals surface area contributed by atoms with Crippen molar-refractivity contribution in [2.24, 2.45) is 23.2 Å². The molecule has 3 heterocycles. The number of nitrogens with zero attached hydrogens (tertiary/aromatic N) is 2. The van der Waals surface area contributed by atoms with Crippen molar-refractivity contribution in [3.05, 3.63) is 76.8 Å². The van der Waals surface area contributed by atoms with E-state index in [9.17, 15) is 34.5 Å². The Labute approximate surface area is 448 Å². The van der Waals surface area contributed by atoms with E-state index in [1.807, 2.05) is 95.9 Å². The fourth-order valence-corrected chi connectivity index (χ4v) is 10.9. The molecule has 0 unspecified atom stereocenters. The molecule has 2 aromatic rings. The lowest BCUT2D eigenvalue weighted by molar-refractivity contribution is -0.312. The summed E-state index contributed by atoms with van der Waals surface area (Å²) in [5.41, 5.74) is 3.69. The standard InChI is InChI=1S/C55H84ClN5O14/c1-14-41-45(64)47(73-52(66)57-29-38-18-16-15-17-19-38)35(6)61(13)30-31(2)27-55(10,68)48(74-51-44(63)40(60(11)12)26-32(3)69-51)33(4)46(34(5)50(65)71-41)72-43-28-54(8,9)49(36(7)70-43)75-53(67)59-58-42(62)25-22-37-20-23-39(56)24-21-37/h15-25,31-36,40-41,43-49,51,63-64,68H,14,26-30H2,1-13H3,(H,57,66)(H,58,62)(H,59,67)/b25-22+/t31-,32-,33+,34-,35-,36+,40+,41-,43+,44-,45+,46+,47-,48-,49+,51+,55+/m1/s1. The Morgan fingerprint density at radius 2 is 1.53 bits per heavy atom. The number of hydrazine groups is 1. The van der Waals surface area contributed by atoms with Crippen molar-refractivity contribution in [3.8, 4) is 0 Å². The van der Waals surface area contributed by atoms with Crippen LogP contribution in [0.25, 0.3) is 6.08 Å². The number of hydrogen-bond acceptors (Lipinski definition) is 16. The number of likely N-dealkylation sites (N-methyl/N-ethyl adjacent to an activating group) is 2. The van der Waals surface area contributed by atoms with E-state index in [1.54, 1.807) is 65.0 Å². The minimum absolute atomic E-state index is 0.146. The van der Waals surface area contributed by atoms with Crippen LogP contribution in [0, 0.1) is 23.2 Å². The van der Waals surface area contributed by atoms with Gasteiger partial charge in [0, 0.05) is 54.0 Å². The minimum Gasteiger partial charge on any atom is -0.459 e. The summed E-state index contributed by atoms with van der Waals surface area (Å²) in [6, 6.07) is 15.2. The van der Waals surface area contributed by atoms with Crippen LogP contribution in [-0.2, 0) is 49.3 Å². The number of carbonyl (C=O) groups excluding carboxylic acids is 4. The Kier molecular flexibility index (Phi) is 22.3. The summed E-state index contributed by atoms with van der Waals surface area (Å²) in [5, 5.41) is 40.2. The second-order valence-electron chi connectivity index (χ2n) is 22.1. The molecule has 3 amide bonds. The van der Waals surface area contributed by atoms with Crippen LogP contribution >= 0.6 is 11.6 Å². The molecular formula is C55H84ClN5O14. The van der Waals surface area contributed by atoms with Crippen molar-refractivity contribution in [1.82, 2.24) is 26.0 Å². The lowest BCUT2D eigenvalue weighted by Crippen LogP contribution is -2.60. The van der Waals surface area contributed by atoms with Gasteiger partial charge in [0.05, 0.1) is 35.9 Å². The summed E-state index contributed by atoms with van der Waals surface area (Å²) >= 11 is 5.96. The van der Waals surface area contributed by atoms with Crippen LogP contribution in [0.15, 0.2) is 60.7 Å². The van der Waals surface area contributed by atoms with E-state index >= 15 is 0 Å². The van der Waals surface area contributed by atoms with Crippen LogP contribution in [0.4, 0.5) is 9.59 Å². The summed E-state index contributed by atoms with van der Waals surface area (Å²) in [6.45, 7) is 18.5. The second-order valence-corrected chi connectivity index (χ2v) is 22.5. The van der Waals surface area contributed by atoms with Crippen molar-refractivity contribution in [3.63, 3.8) is 0 Å². The molecular weight excluding hydrogens is 990 g/mol. The fraction of sp³-hybridized carbons (Fsp3) is 0.673. The van der Waals surface area contributed by atoms with E-state index < -0.39 is 114 Å². The molecule has 3 aliphatic rings. The van der Waals surface area contributed by atoms with Gasteiger partial charge in [0.1, 0.15) is 30.5 Å². The van der Waals surface area contributed by atoms with Gasteiger partial charge in [0.15, 0.2) is 12.6 Å². The average molecular weight is 1070 g/mol. The highest BCUT2D eigenvalue weighted by atomic mass is 35.5. The molecule has 3 aliphatic heterocycles. The van der Waals surface area contributed by atoms with Crippen molar-refractivity contribution in [1.29, 1.82) is 0 Å². The lowest BCUT2D eigenvalue weighted by Gasteiger charge is -2.49. The van der Waals surface area contributed by atoms with E-state index in [2.05, 4.69) is 16.2 Å². The number of esters is 1. The number of aliphatic hydroxyl groups is 3. The van der Waals surface area contributed by atoms with E-state index in [0.717, 1.165) is 11.1 Å². The summed E-state index contributed by atoms with van der Waals surface area (Å²) < 4.78 is 44.6. The van der Waals surface area contributed by atoms with Crippen molar-refractivity contribution in [2.45, 2.75) is 187 Å². The van der Waals surface area contributed by atoms with Gasteiger partial charge in [-0.15, -0.1) is 0 Å². The largest absolute Gasteiger partial charge is 0.459 e. The number of halogens is 1. The number of aliphatic hydroxyl groups excluding tert-OH is 2. The number of amides is 3. The molecule has 420 valence electrons. The monoisotopic (exact) mass is 1070 g/mol. The molecule has 2 aromatic carbocycles. The smallest absolute Gasteiger partial charge is 0.426 e. The van der Waals surface area contributed by atoms with Gasteiger partial charge in [-0.3, -0.25) is 19.9 Å². The van der Waals surface area contributed by atoms with Gasteiger partial charge in [-0.1, -0.05) is 88.7 Å². The maximum Gasteiger partial charge on any atom is 0.426 e. The zero-order valence-corrected chi connectivity index (χ0v) is 46.7. The molecule has 17 atom stereocenters. The minimum atomic E-state index is -1.67. The molecule has 19 nitrogen and oxygen atoms in total. The van der Waals surface area contributed by atoms with Gasteiger partial charge in [-0.2, -0.15) is 0 Å². The fourth-order valence-electron chi connectivity index (χ4n) is 10.8. The molecule has 0 saturated carbocycles. The number of ether oxygens (including phenoxy) is 7. The first-order valence-electron chi connectivity index (χ1n) is 26.2. The summed E-state index contributed by atoms with van der Waals surface area (Å²) in [6.07, 6.45) is -9.27. The third-order valence-electron chi connectivity index (χ3n) is 14.9. The lowest BCUT2D eigenvalue weighted by atomic mass is 9.77. The van der Waals surface area contributed by atoms with E-state index in [0.29, 0.717) is 18.0 Å². The summed E-state index contributed by atoms with van der Waals surface area (Å²) in [5.74, 6) is -3.58. The SMILES string of the molecule is CC[C@H]1OC(=O)[C@H](C)[C@@H](O[C@H]2CC(C)(C)[C@@H](OC(=O)NNC(=O)/C=C/c3ccc(Cl)cc3)[C@H](C)O2)[C@H](C)[C@@H](O[C@@H]2O[C@H](C)C[C@H](N(C)C)[C@H]2O)[C@@](C)(O)C[C@@H](C)CN(C)[C@H](C)[C@@H](OC(=O)NCc2ccccc2)[C@H]1O. The predicted molar refractivity (Wildman–Crippen MR) is 281 cm³/mol. The van der Waals surface area contributed by atoms with E-state index in [-0.39, 0.29) is 43.9 Å². The van der Waals surface area contributed by atoms with Crippen LogP contribution < -0.4 is 16.2 Å². The topological polar surface area (TPSA) is 236 Å². The predicted octanol–water partition coefficient (Wildman–Crippen LogP) is 6.20. The quantitative estimate of drug-likeness (QED) is 0.0601. The van der Waals surface area contributed by atoms with Crippen molar-refractivity contribution >= 4 is 41.7 Å².